The lowest BCUT2D eigenvalue weighted by molar-refractivity contribution is 0.571. The molecule has 1 aromatic carbocycles. The van der Waals surface area contributed by atoms with Crippen LogP contribution >= 0.6 is 0 Å². The van der Waals surface area contributed by atoms with Crippen LogP contribution in [0.15, 0.2) is 22.8 Å². The standard InChI is InChI=1S/C14H19NO/c1-9(2)15-7-12-8-16-14-11(4)10(3)5-6-13(12)14/h5-6,8-9,15H,7H2,1-4H3. The summed E-state index contributed by atoms with van der Waals surface area (Å²) >= 11 is 0. The fourth-order valence-corrected chi connectivity index (χ4v) is 1.84. The van der Waals surface area contributed by atoms with Gasteiger partial charge in [-0.3, -0.25) is 0 Å². The van der Waals surface area contributed by atoms with Gasteiger partial charge in [-0.25, -0.2) is 0 Å². The van der Waals surface area contributed by atoms with E-state index >= 15 is 0 Å². The molecule has 0 spiro atoms. The molecule has 2 aromatic rings. The molecule has 1 aromatic heterocycles. The maximum absolute atomic E-state index is 5.65. The Morgan fingerprint density at radius 3 is 2.69 bits per heavy atom. The highest BCUT2D eigenvalue weighted by Gasteiger charge is 2.09. The first-order valence-electron chi connectivity index (χ1n) is 5.79. The van der Waals surface area contributed by atoms with Crippen molar-refractivity contribution in [2.24, 2.45) is 0 Å². The van der Waals surface area contributed by atoms with E-state index in [0.29, 0.717) is 6.04 Å². The summed E-state index contributed by atoms with van der Waals surface area (Å²) in [5.74, 6) is 0. The van der Waals surface area contributed by atoms with E-state index < -0.39 is 0 Å². The predicted octanol–water partition coefficient (Wildman–Crippen LogP) is 3.55. The molecule has 0 bridgehead atoms. The second-order valence-corrected chi connectivity index (χ2v) is 4.68. The van der Waals surface area contributed by atoms with Crippen LogP contribution in [0.1, 0.15) is 30.5 Å². The van der Waals surface area contributed by atoms with Gasteiger partial charge in [0, 0.05) is 23.5 Å². The summed E-state index contributed by atoms with van der Waals surface area (Å²) in [4.78, 5) is 0. The summed E-state index contributed by atoms with van der Waals surface area (Å²) < 4.78 is 5.65. The Hall–Kier alpha value is -1.28. The summed E-state index contributed by atoms with van der Waals surface area (Å²) in [6.07, 6.45) is 1.87. The van der Waals surface area contributed by atoms with Crippen molar-refractivity contribution in [1.29, 1.82) is 0 Å². The van der Waals surface area contributed by atoms with E-state index in [4.69, 9.17) is 4.42 Å². The number of benzene rings is 1. The van der Waals surface area contributed by atoms with Crippen molar-refractivity contribution < 1.29 is 4.42 Å². The Morgan fingerprint density at radius 2 is 2.00 bits per heavy atom. The molecule has 0 aliphatic rings. The molecule has 0 aliphatic carbocycles. The topological polar surface area (TPSA) is 25.2 Å². The monoisotopic (exact) mass is 217 g/mol. The Morgan fingerprint density at radius 1 is 1.25 bits per heavy atom. The minimum absolute atomic E-state index is 0.497. The molecule has 2 nitrogen and oxygen atoms in total. The number of hydrogen-bond acceptors (Lipinski definition) is 2. The number of aryl methyl sites for hydroxylation is 2. The molecule has 86 valence electrons. The molecule has 1 heterocycles. The van der Waals surface area contributed by atoms with Crippen molar-refractivity contribution in [3.05, 3.63) is 35.1 Å². The first-order chi connectivity index (χ1) is 7.59. The zero-order valence-corrected chi connectivity index (χ0v) is 10.4. The average Bonchev–Trinajstić information content (AvgIpc) is 2.64. The molecule has 0 saturated heterocycles. The maximum atomic E-state index is 5.65. The highest BCUT2D eigenvalue weighted by Crippen LogP contribution is 2.26. The van der Waals surface area contributed by atoms with Gasteiger partial charge < -0.3 is 9.73 Å². The SMILES string of the molecule is Cc1ccc2c(CNC(C)C)coc2c1C. The molecule has 0 radical (unpaired) electrons. The van der Waals surface area contributed by atoms with E-state index in [1.807, 2.05) is 6.26 Å². The number of hydrogen-bond donors (Lipinski definition) is 1. The normalized spacial score (nSPS) is 11.6. The minimum atomic E-state index is 0.497. The Bertz CT molecular complexity index is 497. The van der Waals surface area contributed by atoms with Gasteiger partial charge >= 0.3 is 0 Å². The summed E-state index contributed by atoms with van der Waals surface area (Å²) in [5, 5.41) is 4.65. The van der Waals surface area contributed by atoms with Crippen molar-refractivity contribution in [1.82, 2.24) is 5.32 Å². The third-order valence-corrected chi connectivity index (χ3v) is 3.04. The van der Waals surface area contributed by atoms with Crippen LogP contribution < -0.4 is 5.32 Å². The van der Waals surface area contributed by atoms with Gasteiger partial charge in [-0.05, 0) is 25.0 Å². The Labute approximate surface area is 96.6 Å². The Balaban J connectivity index is 2.38. The molecule has 0 amide bonds. The van der Waals surface area contributed by atoms with Crippen molar-refractivity contribution >= 4 is 11.0 Å². The molecule has 0 unspecified atom stereocenters. The van der Waals surface area contributed by atoms with E-state index in [1.54, 1.807) is 0 Å². The quantitative estimate of drug-likeness (QED) is 0.850. The summed E-state index contributed by atoms with van der Waals surface area (Å²) in [6, 6.07) is 4.81. The molecular formula is C14H19NO. The number of rotatable bonds is 3. The van der Waals surface area contributed by atoms with E-state index in [9.17, 15) is 0 Å². The fourth-order valence-electron chi connectivity index (χ4n) is 1.84. The minimum Gasteiger partial charge on any atom is -0.464 e. The molecule has 16 heavy (non-hydrogen) atoms. The third kappa shape index (κ3) is 1.98. The Kier molecular flexibility index (Phi) is 3.01. The smallest absolute Gasteiger partial charge is 0.137 e. The van der Waals surface area contributed by atoms with E-state index in [0.717, 1.165) is 12.1 Å². The van der Waals surface area contributed by atoms with Crippen LogP contribution in [-0.4, -0.2) is 6.04 Å². The molecular weight excluding hydrogens is 198 g/mol. The van der Waals surface area contributed by atoms with Crippen LogP contribution in [0.3, 0.4) is 0 Å². The lowest BCUT2D eigenvalue weighted by atomic mass is 10.1. The molecule has 0 atom stereocenters. The maximum Gasteiger partial charge on any atom is 0.137 e. The molecule has 0 saturated carbocycles. The van der Waals surface area contributed by atoms with Gasteiger partial charge in [0.15, 0.2) is 0 Å². The third-order valence-electron chi connectivity index (χ3n) is 3.04. The highest BCUT2D eigenvalue weighted by atomic mass is 16.3. The van der Waals surface area contributed by atoms with Crippen molar-refractivity contribution in [2.45, 2.75) is 40.3 Å². The van der Waals surface area contributed by atoms with Crippen molar-refractivity contribution in [3.63, 3.8) is 0 Å². The van der Waals surface area contributed by atoms with Gasteiger partial charge in [-0.1, -0.05) is 26.0 Å². The fraction of sp³-hybridized carbons (Fsp3) is 0.429. The van der Waals surface area contributed by atoms with Crippen LogP contribution in [0.4, 0.5) is 0 Å². The molecule has 0 fully saturated rings. The second-order valence-electron chi connectivity index (χ2n) is 4.68. The van der Waals surface area contributed by atoms with E-state index in [2.05, 4.69) is 45.1 Å². The summed E-state index contributed by atoms with van der Waals surface area (Å²) in [5.41, 5.74) is 4.80. The van der Waals surface area contributed by atoms with Gasteiger partial charge in [-0.2, -0.15) is 0 Å². The van der Waals surface area contributed by atoms with Crippen molar-refractivity contribution in [2.75, 3.05) is 0 Å². The predicted molar refractivity (Wildman–Crippen MR) is 67.7 cm³/mol. The second kappa shape index (κ2) is 4.30. The number of furan rings is 1. The van der Waals surface area contributed by atoms with Crippen LogP contribution in [0.5, 0.6) is 0 Å². The first-order valence-corrected chi connectivity index (χ1v) is 5.79. The van der Waals surface area contributed by atoms with E-state index in [-0.39, 0.29) is 0 Å². The van der Waals surface area contributed by atoms with E-state index in [1.165, 1.54) is 22.1 Å². The lowest BCUT2D eigenvalue weighted by Crippen LogP contribution is -2.21. The molecule has 2 rings (SSSR count). The van der Waals surface area contributed by atoms with Gasteiger partial charge in [0.1, 0.15) is 5.58 Å². The zero-order valence-electron chi connectivity index (χ0n) is 10.4. The van der Waals surface area contributed by atoms with Gasteiger partial charge in [-0.15, -0.1) is 0 Å². The highest BCUT2D eigenvalue weighted by molar-refractivity contribution is 5.84. The van der Waals surface area contributed by atoms with Crippen LogP contribution in [0.2, 0.25) is 0 Å². The molecule has 0 aliphatic heterocycles. The van der Waals surface area contributed by atoms with Gasteiger partial charge in [0.25, 0.3) is 0 Å². The average molecular weight is 217 g/mol. The summed E-state index contributed by atoms with van der Waals surface area (Å²) in [7, 11) is 0. The molecule has 1 N–H and O–H groups in total. The number of fused-ring (bicyclic) bond motifs is 1. The number of nitrogens with one attached hydrogen (secondary N) is 1. The van der Waals surface area contributed by atoms with Crippen LogP contribution in [0.25, 0.3) is 11.0 Å². The largest absolute Gasteiger partial charge is 0.464 e. The zero-order chi connectivity index (χ0) is 11.7. The van der Waals surface area contributed by atoms with Crippen LogP contribution in [-0.2, 0) is 6.54 Å². The molecule has 2 heteroatoms. The van der Waals surface area contributed by atoms with Crippen molar-refractivity contribution in [3.8, 4) is 0 Å². The van der Waals surface area contributed by atoms with Crippen LogP contribution in [0, 0.1) is 13.8 Å². The lowest BCUT2D eigenvalue weighted by Gasteiger charge is -2.06. The van der Waals surface area contributed by atoms with Gasteiger partial charge in [0.2, 0.25) is 0 Å². The van der Waals surface area contributed by atoms with Gasteiger partial charge in [0.05, 0.1) is 6.26 Å². The summed E-state index contributed by atoms with van der Waals surface area (Å²) in [6.45, 7) is 9.40. The first kappa shape index (κ1) is 11.2.